The molecule has 29 heavy (non-hydrogen) atoms. The predicted octanol–water partition coefficient (Wildman–Crippen LogP) is 4.09. The van der Waals surface area contributed by atoms with E-state index in [2.05, 4.69) is 38.3 Å². The van der Waals surface area contributed by atoms with E-state index in [9.17, 15) is 9.59 Å². The molecule has 1 aliphatic heterocycles. The van der Waals surface area contributed by atoms with Crippen molar-refractivity contribution in [3.05, 3.63) is 53.0 Å². The van der Waals surface area contributed by atoms with Crippen LogP contribution in [0.3, 0.4) is 0 Å². The van der Waals surface area contributed by atoms with E-state index in [0.29, 0.717) is 12.5 Å². The summed E-state index contributed by atoms with van der Waals surface area (Å²) >= 11 is 5.13. The van der Waals surface area contributed by atoms with E-state index in [-0.39, 0.29) is 11.8 Å². The van der Waals surface area contributed by atoms with Crippen LogP contribution in [0.5, 0.6) is 0 Å². The normalized spacial score (nSPS) is 17.2. The third-order valence-electron chi connectivity index (χ3n) is 5.17. The maximum atomic E-state index is 12.4. The van der Waals surface area contributed by atoms with Crippen LogP contribution >= 0.6 is 27.7 Å². The third-order valence-corrected chi connectivity index (χ3v) is 6.71. The van der Waals surface area contributed by atoms with Gasteiger partial charge in [0.1, 0.15) is 0 Å². The molecule has 5 nitrogen and oxygen atoms in total. The van der Waals surface area contributed by atoms with Crippen LogP contribution in [0.1, 0.15) is 12.8 Å². The molecule has 1 N–H and O–H groups in total. The Kier molecular flexibility index (Phi) is 6.57. The molecule has 2 aromatic rings. The summed E-state index contributed by atoms with van der Waals surface area (Å²) in [5, 5.41) is 2.97. The van der Waals surface area contributed by atoms with Crippen molar-refractivity contribution in [1.29, 1.82) is 0 Å². The number of carbonyl (C=O) groups is 2. The Morgan fingerprint density at radius 2 is 1.52 bits per heavy atom. The van der Waals surface area contributed by atoms with Crippen LogP contribution in [0.2, 0.25) is 0 Å². The van der Waals surface area contributed by atoms with Gasteiger partial charge in [0.15, 0.2) is 0 Å². The third kappa shape index (κ3) is 5.84. The van der Waals surface area contributed by atoms with Gasteiger partial charge in [-0.25, -0.2) is 0 Å². The molecule has 2 fully saturated rings. The van der Waals surface area contributed by atoms with Gasteiger partial charge in [0.2, 0.25) is 11.8 Å². The van der Waals surface area contributed by atoms with Crippen LogP contribution in [0.15, 0.2) is 62.8 Å². The average molecular weight is 474 g/mol. The molecule has 152 valence electrons. The number of carbonyl (C=O) groups excluding carboxylic acids is 2. The van der Waals surface area contributed by atoms with Gasteiger partial charge < -0.3 is 10.2 Å². The Morgan fingerprint density at radius 3 is 2.10 bits per heavy atom. The van der Waals surface area contributed by atoms with Crippen LogP contribution in [-0.4, -0.2) is 54.3 Å². The molecule has 0 unspecified atom stereocenters. The zero-order valence-corrected chi connectivity index (χ0v) is 18.5. The number of hydrogen-bond acceptors (Lipinski definition) is 4. The minimum Gasteiger partial charge on any atom is -0.340 e. The Bertz CT molecular complexity index is 861. The second-order valence-corrected chi connectivity index (χ2v) is 9.57. The molecule has 0 aromatic heterocycles. The SMILES string of the molecule is O=C(CN1CCN(C(=O)C2CC2)CC1)Nc1ccc(Sc2ccc(Br)cc2)cc1. The first-order valence-electron chi connectivity index (χ1n) is 9.91. The molecule has 1 saturated heterocycles. The van der Waals surface area contributed by atoms with E-state index in [1.54, 1.807) is 11.8 Å². The zero-order valence-electron chi connectivity index (χ0n) is 16.1. The molecule has 1 aliphatic carbocycles. The lowest BCUT2D eigenvalue weighted by atomic mass is 10.2. The lowest BCUT2D eigenvalue weighted by Crippen LogP contribution is -2.50. The van der Waals surface area contributed by atoms with Gasteiger partial charge in [0, 0.05) is 52.0 Å². The van der Waals surface area contributed by atoms with Crippen LogP contribution in [0.4, 0.5) is 5.69 Å². The van der Waals surface area contributed by atoms with Crippen molar-refractivity contribution in [2.75, 3.05) is 38.0 Å². The van der Waals surface area contributed by atoms with Gasteiger partial charge in [0.25, 0.3) is 0 Å². The van der Waals surface area contributed by atoms with Gasteiger partial charge in [-0.1, -0.05) is 27.7 Å². The van der Waals surface area contributed by atoms with Crippen molar-refractivity contribution in [3.63, 3.8) is 0 Å². The van der Waals surface area contributed by atoms with Gasteiger partial charge in [-0.2, -0.15) is 0 Å². The summed E-state index contributed by atoms with van der Waals surface area (Å²) in [7, 11) is 0. The number of halogens is 1. The highest BCUT2D eigenvalue weighted by Gasteiger charge is 2.34. The second-order valence-electron chi connectivity index (χ2n) is 7.50. The standard InChI is InChI=1S/C22H24BrN3O2S/c23-17-3-7-19(8-4-17)29-20-9-5-18(6-10-20)24-21(27)15-25-11-13-26(14-12-25)22(28)16-1-2-16/h3-10,16H,1-2,11-15H2,(H,24,27). The molecule has 7 heteroatoms. The number of amides is 2. The summed E-state index contributed by atoms with van der Waals surface area (Å²) < 4.78 is 1.07. The first-order chi connectivity index (χ1) is 14.1. The molecule has 1 heterocycles. The molecule has 0 atom stereocenters. The van der Waals surface area contributed by atoms with Gasteiger partial charge in [-0.3, -0.25) is 14.5 Å². The summed E-state index contributed by atoms with van der Waals surface area (Å²) in [5.41, 5.74) is 0.803. The molecule has 2 aromatic carbocycles. The fraction of sp³-hybridized carbons (Fsp3) is 0.364. The first-order valence-corrected chi connectivity index (χ1v) is 11.5. The lowest BCUT2D eigenvalue weighted by Gasteiger charge is -2.34. The van der Waals surface area contributed by atoms with Crippen molar-refractivity contribution in [2.24, 2.45) is 5.92 Å². The Labute approximate surface area is 184 Å². The number of anilines is 1. The number of hydrogen-bond donors (Lipinski definition) is 1. The number of benzene rings is 2. The van der Waals surface area contributed by atoms with Gasteiger partial charge in [-0.05, 0) is 61.4 Å². The first kappa shape index (κ1) is 20.4. The molecule has 0 bridgehead atoms. The van der Waals surface area contributed by atoms with E-state index in [0.717, 1.165) is 54.1 Å². The van der Waals surface area contributed by atoms with Crippen LogP contribution in [-0.2, 0) is 9.59 Å². The Morgan fingerprint density at radius 1 is 0.931 bits per heavy atom. The van der Waals surface area contributed by atoms with Crippen LogP contribution < -0.4 is 5.32 Å². The van der Waals surface area contributed by atoms with Gasteiger partial charge >= 0.3 is 0 Å². The number of piperazine rings is 1. The molecule has 2 amide bonds. The molecule has 0 radical (unpaired) electrons. The predicted molar refractivity (Wildman–Crippen MR) is 119 cm³/mol. The monoisotopic (exact) mass is 473 g/mol. The van der Waals surface area contributed by atoms with Crippen molar-refractivity contribution < 1.29 is 9.59 Å². The number of rotatable bonds is 6. The second kappa shape index (κ2) is 9.32. The average Bonchev–Trinajstić information content (AvgIpc) is 3.57. The highest BCUT2D eigenvalue weighted by atomic mass is 79.9. The number of nitrogens with one attached hydrogen (secondary N) is 1. The fourth-order valence-corrected chi connectivity index (χ4v) is 4.44. The lowest BCUT2D eigenvalue weighted by molar-refractivity contribution is -0.134. The van der Waals surface area contributed by atoms with Crippen molar-refractivity contribution in [1.82, 2.24) is 9.80 Å². The Balaban J connectivity index is 1.22. The summed E-state index contributed by atoms with van der Waals surface area (Å²) in [6.45, 7) is 3.33. The minimum absolute atomic E-state index is 0.0136. The summed E-state index contributed by atoms with van der Waals surface area (Å²) in [5.74, 6) is 0.560. The number of nitrogens with zero attached hydrogens (tertiary/aromatic N) is 2. The molecular weight excluding hydrogens is 450 g/mol. The maximum absolute atomic E-state index is 12.4. The molecule has 0 spiro atoms. The van der Waals surface area contributed by atoms with Crippen molar-refractivity contribution in [3.8, 4) is 0 Å². The fourth-order valence-electron chi connectivity index (χ4n) is 3.36. The zero-order chi connectivity index (χ0) is 20.2. The summed E-state index contributed by atoms with van der Waals surface area (Å²) in [6, 6.07) is 16.1. The largest absolute Gasteiger partial charge is 0.340 e. The van der Waals surface area contributed by atoms with Gasteiger partial charge in [0.05, 0.1) is 6.54 Å². The molecule has 2 aliphatic rings. The smallest absolute Gasteiger partial charge is 0.238 e. The topological polar surface area (TPSA) is 52.7 Å². The molecule has 4 rings (SSSR count). The van der Waals surface area contributed by atoms with Crippen LogP contribution in [0.25, 0.3) is 0 Å². The van der Waals surface area contributed by atoms with Gasteiger partial charge in [-0.15, -0.1) is 0 Å². The van der Waals surface area contributed by atoms with Crippen LogP contribution in [0, 0.1) is 5.92 Å². The maximum Gasteiger partial charge on any atom is 0.238 e. The summed E-state index contributed by atoms with van der Waals surface area (Å²) in [4.78, 5) is 30.9. The molecule has 1 saturated carbocycles. The van der Waals surface area contributed by atoms with Crippen molar-refractivity contribution >= 4 is 45.2 Å². The Hall–Kier alpha value is -1.83. The van der Waals surface area contributed by atoms with E-state index in [1.807, 2.05) is 41.3 Å². The van der Waals surface area contributed by atoms with E-state index in [1.165, 1.54) is 4.90 Å². The highest BCUT2D eigenvalue weighted by molar-refractivity contribution is 9.10. The van der Waals surface area contributed by atoms with Crippen molar-refractivity contribution in [2.45, 2.75) is 22.6 Å². The van der Waals surface area contributed by atoms with E-state index >= 15 is 0 Å². The van der Waals surface area contributed by atoms with E-state index in [4.69, 9.17) is 0 Å². The minimum atomic E-state index is -0.0136. The highest BCUT2D eigenvalue weighted by Crippen LogP contribution is 2.31. The van der Waals surface area contributed by atoms with E-state index < -0.39 is 0 Å². The summed E-state index contributed by atoms with van der Waals surface area (Å²) in [6.07, 6.45) is 2.09. The molecular formula is C22H24BrN3O2S. The quantitative estimate of drug-likeness (QED) is 0.686.